The van der Waals surface area contributed by atoms with E-state index in [1.807, 2.05) is 0 Å². The zero-order valence-corrected chi connectivity index (χ0v) is 8.82. The van der Waals surface area contributed by atoms with Crippen molar-refractivity contribution in [2.75, 3.05) is 12.9 Å². The van der Waals surface area contributed by atoms with Gasteiger partial charge in [-0.15, -0.1) is 0 Å². The minimum absolute atomic E-state index is 0.128. The Hall–Kier alpha value is -0.290. The average Bonchev–Trinajstić information content (AvgIpc) is 2.65. The summed E-state index contributed by atoms with van der Waals surface area (Å²) in [6.45, 7) is 0. The van der Waals surface area contributed by atoms with Gasteiger partial charge in [-0.25, -0.2) is 8.42 Å². The van der Waals surface area contributed by atoms with E-state index in [0.29, 0.717) is 0 Å². The fraction of sp³-hybridized carbons (Fsp3) is 0.857. The van der Waals surface area contributed by atoms with Crippen molar-refractivity contribution < 1.29 is 17.9 Å². The Balaban J connectivity index is 2.53. The van der Waals surface area contributed by atoms with Gasteiger partial charge in [0.25, 0.3) is 0 Å². The molecule has 4 nitrogen and oxygen atoms in total. The molecule has 0 aliphatic heterocycles. The third-order valence-corrected chi connectivity index (χ3v) is 3.47. The molecule has 0 aromatic rings. The highest BCUT2D eigenvalue weighted by atomic mass is 35.7. The quantitative estimate of drug-likeness (QED) is 0.528. The molecule has 1 aliphatic rings. The zero-order valence-electron chi connectivity index (χ0n) is 7.25. The van der Waals surface area contributed by atoms with Crippen LogP contribution < -0.4 is 0 Å². The summed E-state index contributed by atoms with van der Waals surface area (Å²) in [4.78, 5) is 10.9. The van der Waals surface area contributed by atoms with Gasteiger partial charge in [-0.05, 0) is 18.3 Å². The molecule has 0 radical (unpaired) electrons. The van der Waals surface area contributed by atoms with Crippen LogP contribution in [0.2, 0.25) is 0 Å². The van der Waals surface area contributed by atoms with Gasteiger partial charge in [-0.2, -0.15) is 0 Å². The number of ether oxygens (including phenoxy) is 1. The Morgan fingerprint density at radius 2 is 2.08 bits per heavy atom. The molecule has 1 rings (SSSR count). The molecule has 13 heavy (non-hydrogen) atoms. The van der Waals surface area contributed by atoms with E-state index in [0.717, 1.165) is 12.8 Å². The van der Waals surface area contributed by atoms with E-state index in [9.17, 15) is 13.2 Å². The number of esters is 1. The Labute approximate surface area is 81.6 Å². The van der Waals surface area contributed by atoms with Crippen LogP contribution in [0.15, 0.2) is 0 Å². The Morgan fingerprint density at radius 1 is 1.54 bits per heavy atom. The van der Waals surface area contributed by atoms with Gasteiger partial charge in [0.2, 0.25) is 9.05 Å². The van der Waals surface area contributed by atoms with Crippen molar-refractivity contribution in [3.63, 3.8) is 0 Å². The number of hydrogen-bond acceptors (Lipinski definition) is 4. The first-order valence-electron chi connectivity index (χ1n) is 3.86. The molecule has 0 saturated heterocycles. The number of carbonyl (C=O) groups excluding carboxylic acids is 1. The summed E-state index contributed by atoms with van der Waals surface area (Å²) in [6, 6.07) is 0. The summed E-state index contributed by atoms with van der Waals surface area (Å²) < 4.78 is 26.0. The van der Waals surface area contributed by atoms with Crippen LogP contribution in [0, 0.1) is 5.41 Å². The normalized spacial score (nSPS) is 19.5. The third kappa shape index (κ3) is 3.52. The minimum atomic E-state index is -3.51. The number of hydrogen-bond donors (Lipinski definition) is 0. The minimum Gasteiger partial charge on any atom is -0.469 e. The van der Waals surface area contributed by atoms with E-state index in [4.69, 9.17) is 10.7 Å². The molecule has 0 aromatic heterocycles. The second kappa shape index (κ2) is 3.46. The van der Waals surface area contributed by atoms with Gasteiger partial charge in [0.1, 0.15) is 0 Å². The highest BCUT2D eigenvalue weighted by molar-refractivity contribution is 8.13. The van der Waals surface area contributed by atoms with Crippen molar-refractivity contribution in [1.82, 2.24) is 0 Å². The first-order valence-corrected chi connectivity index (χ1v) is 6.34. The lowest BCUT2D eigenvalue weighted by Gasteiger charge is -2.10. The number of carbonyl (C=O) groups is 1. The SMILES string of the molecule is COC(=O)CC1(CS(=O)(=O)Cl)CC1. The molecule has 1 fully saturated rings. The second-order valence-electron chi connectivity index (χ2n) is 3.44. The van der Waals surface area contributed by atoms with E-state index in [1.54, 1.807) is 0 Å². The molecule has 0 bridgehead atoms. The predicted molar refractivity (Wildman–Crippen MR) is 47.9 cm³/mol. The van der Waals surface area contributed by atoms with Crippen molar-refractivity contribution in [3.8, 4) is 0 Å². The first-order chi connectivity index (χ1) is 5.87. The lowest BCUT2D eigenvalue weighted by Crippen LogP contribution is -2.18. The van der Waals surface area contributed by atoms with Crippen LogP contribution in [0.5, 0.6) is 0 Å². The molecule has 6 heteroatoms. The summed E-state index contributed by atoms with van der Waals surface area (Å²) in [7, 11) is 2.88. The molecule has 0 unspecified atom stereocenters. The van der Waals surface area contributed by atoms with Gasteiger partial charge in [0, 0.05) is 10.7 Å². The summed E-state index contributed by atoms with van der Waals surface area (Å²) in [6.07, 6.45) is 1.61. The Kier molecular flexibility index (Phi) is 2.87. The molecule has 0 spiro atoms. The van der Waals surface area contributed by atoms with Crippen molar-refractivity contribution in [2.45, 2.75) is 19.3 Å². The molecular weight excluding hydrogens is 216 g/mol. The van der Waals surface area contributed by atoms with E-state index >= 15 is 0 Å². The molecule has 0 N–H and O–H groups in total. The van der Waals surface area contributed by atoms with E-state index in [-0.39, 0.29) is 18.1 Å². The van der Waals surface area contributed by atoms with Crippen LogP contribution in [0.1, 0.15) is 19.3 Å². The third-order valence-electron chi connectivity index (χ3n) is 2.18. The molecule has 0 amide bonds. The topological polar surface area (TPSA) is 60.4 Å². The van der Waals surface area contributed by atoms with Crippen molar-refractivity contribution >= 4 is 25.7 Å². The lowest BCUT2D eigenvalue weighted by atomic mass is 10.1. The number of rotatable bonds is 4. The van der Waals surface area contributed by atoms with Crippen LogP contribution in [0.4, 0.5) is 0 Å². The largest absolute Gasteiger partial charge is 0.469 e. The second-order valence-corrected chi connectivity index (χ2v) is 6.21. The molecule has 1 saturated carbocycles. The molecule has 0 heterocycles. The van der Waals surface area contributed by atoms with Crippen LogP contribution in [0.25, 0.3) is 0 Å². The fourth-order valence-corrected chi connectivity index (χ4v) is 3.11. The molecule has 1 aliphatic carbocycles. The maximum absolute atomic E-state index is 10.9. The van der Waals surface area contributed by atoms with Crippen molar-refractivity contribution in [1.29, 1.82) is 0 Å². The zero-order chi connectivity index (χ0) is 10.1. The maximum atomic E-state index is 10.9. The van der Waals surface area contributed by atoms with Gasteiger partial charge in [-0.3, -0.25) is 4.79 Å². The van der Waals surface area contributed by atoms with Crippen LogP contribution in [-0.2, 0) is 18.6 Å². The monoisotopic (exact) mass is 226 g/mol. The molecule has 0 atom stereocenters. The van der Waals surface area contributed by atoms with E-state index < -0.39 is 14.5 Å². The first kappa shape index (κ1) is 10.8. The predicted octanol–water partition coefficient (Wildman–Crippen LogP) is 0.898. The van der Waals surface area contributed by atoms with Crippen LogP contribution in [-0.4, -0.2) is 27.2 Å². The highest BCUT2D eigenvalue weighted by Gasteiger charge is 2.47. The van der Waals surface area contributed by atoms with E-state index in [1.165, 1.54) is 7.11 Å². The standard InChI is InChI=1S/C7H11ClO4S/c1-12-6(9)4-7(2-3-7)5-13(8,10)11/h2-5H2,1H3. The van der Waals surface area contributed by atoms with E-state index in [2.05, 4.69) is 4.74 Å². The van der Waals surface area contributed by atoms with Crippen LogP contribution in [0.3, 0.4) is 0 Å². The lowest BCUT2D eigenvalue weighted by molar-refractivity contribution is -0.141. The summed E-state index contributed by atoms with van der Waals surface area (Å²) in [5.41, 5.74) is -0.437. The maximum Gasteiger partial charge on any atom is 0.306 e. The molecule has 0 aromatic carbocycles. The molecular formula is C7H11ClO4S. The highest BCUT2D eigenvalue weighted by Crippen LogP contribution is 2.50. The Bertz CT molecular complexity index is 304. The average molecular weight is 227 g/mol. The fourth-order valence-electron chi connectivity index (χ4n) is 1.29. The summed E-state index contributed by atoms with van der Waals surface area (Å²) in [5.74, 6) is -0.505. The Morgan fingerprint density at radius 3 is 2.38 bits per heavy atom. The van der Waals surface area contributed by atoms with Crippen LogP contribution >= 0.6 is 10.7 Å². The number of halogens is 1. The number of methoxy groups -OCH3 is 1. The van der Waals surface area contributed by atoms with Crippen molar-refractivity contribution in [3.05, 3.63) is 0 Å². The summed E-state index contributed by atoms with van der Waals surface area (Å²) in [5, 5.41) is 0. The van der Waals surface area contributed by atoms with Gasteiger partial charge < -0.3 is 4.74 Å². The van der Waals surface area contributed by atoms with Gasteiger partial charge >= 0.3 is 5.97 Å². The summed E-state index contributed by atoms with van der Waals surface area (Å²) >= 11 is 0. The van der Waals surface area contributed by atoms with Gasteiger partial charge in [0.15, 0.2) is 0 Å². The van der Waals surface area contributed by atoms with Crippen molar-refractivity contribution in [2.24, 2.45) is 5.41 Å². The molecule has 76 valence electrons. The van der Waals surface area contributed by atoms with Gasteiger partial charge in [0.05, 0.1) is 19.3 Å². The van der Waals surface area contributed by atoms with Gasteiger partial charge in [-0.1, -0.05) is 0 Å². The smallest absolute Gasteiger partial charge is 0.306 e.